The van der Waals surface area contributed by atoms with Crippen molar-refractivity contribution < 1.29 is 13.9 Å². The van der Waals surface area contributed by atoms with Crippen LogP contribution in [0, 0.1) is 11.7 Å². The van der Waals surface area contributed by atoms with Crippen LogP contribution in [0.15, 0.2) is 53.3 Å². The molecule has 2 aromatic carbocycles. The van der Waals surface area contributed by atoms with E-state index in [9.17, 15) is 14.0 Å². The van der Waals surface area contributed by atoms with E-state index in [1.807, 2.05) is 24.3 Å². The van der Waals surface area contributed by atoms with Crippen molar-refractivity contribution in [2.24, 2.45) is 5.92 Å². The van der Waals surface area contributed by atoms with E-state index in [-0.39, 0.29) is 23.6 Å². The third-order valence-corrected chi connectivity index (χ3v) is 5.19. The normalized spacial score (nSPS) is 14.6. The first-order chi connectivity index (χ1) is 14.0. The molecule has 6 heteroatoms. The summed E-state index contributed by atoms with van der Waals surface area (Å²) < 4.78 is 19.8. The second-order valence-electron chi connectivity index (χ2n) is 7.62. The Morgan fingerprint density at radius 1 is 1.24 bits per heavy atom. The van der Waals surface area contributed by atoms with Crippen LogP contribution in [0.1, 0.15) is 36.9 Å². The molecule has 1 fully saturated rings. The SMILES string of the molecule is CC(NC(=O)Cc1cc2ccccc2[nH]c1=O)c1ccc(OCC2CC2)c(F)c1. The number of nitrogens with one attached hydrogen (secondary N) is 2. The van der Waals surface area contributed by atoms with Crippen molar-refractivity contribution in [3.8, 4) is 5.75 Å². The van der Waals surface area contributed by atoms with E-state index in [1.165, 1.54) is 6.07 Å². The van der Waals surface area contributed by atoms with Crippen LogP contribution in [0.4, 0.5) is 4.39 Å². The van der Waals surface area contributed by atoms with E-state index >= 15 is 0 Å². The van der Waals surface area contributed by atoms with Gasteiger partial charge in [-0.2, -0.15) is 0 Å². The topological polar surface area (TPSA) is 71.2 Å². The molecular formula is C23H23FN2O3. The van der Waals surface area contributed by atoms with Gasteiger partial charge in [0, 0.05) is 11.1 Å². The molecule has 1 amide bonds. The Kier molecular flexibility index (Phi) is 5.34. The molecule has 1 aliphatic rings. The number of H-pyrrole nitrogens is 1. The summed E-state index contributed by atoms with van der Waals surface area (Å²) in [5, 5.41) is 3.70. The molecule has 1 aliphatic carbocycles. The Bertz CT molecular complexity index is 1100. The Labute approximate surface area is 167 Å². The van der Waals surface area contributed by atoms with E-state index in [4.69, 9.17) is 4.74 Å². The zero-order valence-corrected chi connectivity index (χ0v) is 16.2. The molecule has 0 aliphatic heterocycles. The minimum atomic E-state index is -0.435. The molecule has 5 nitrogen and oxygen atoms in total. The highest BCUT2D eigenvalue weighted by Gasteiger charge is 2.22. The number of carbonyl (C=O) groups is 1. The van der Waals surface area contributed by atoms with Crippen LogP contribution in [0.3, 0.4) is 0 Å². The lowest BCUT2D eigenvalue weighted by atomic mass is 10.1. The molecule has 1 unspecified atom stereocenters. The number of ether oxygens (including phenoxy) is 1. The zero-order valence-electron chi connectivity index (χ0n) is 16.2. The number of carbonyl (C=O) groups excluding carboxylic acids is 1. The number of hydrogen-bond acceptors (Lipinski definition) is 3. The lowest BCUT2D eigenvalue weighted by Gasteiger charge is -2.16. The molecule has 2 N–H and O–H groups in total. The molecular weight excluding hydrogens is 371 g/mol. The third kappa shape index (κ3) is 4.65. The van der Waals surface area contributed by atoms with Crippen LogP contribution in [0.25, 0.3) is 10.9 Å². The largest absolute Gasteiger partial charge is 0.490 e. The molecule has 0 spiro atoms. The first-order valence-corrected chi connectivity index (χ1v) is 9.82. The van der Waals surface area contributed by atoms with Crippen LogP contribution < -0.4 is 15.6 Å². The molecule has 3 aromatic rings. The summed E-state index contributed by atoms with van der Waals surface area (Å²) in [6, 6.07) is 13.5. The van der Waals surface area contributed by atoms with Crippen molar-refractivity contribution in [1.82, 2.24) is 10.3 Å². The maximum absolute atomic E-state index is 14.3. The van der Waals surface area contributed by atoms with Crippen LogP contribution >= 0.6 is 0 Å². The van der Waals surface area contributed by atoms with Gasteiger partial charge in [0.15, 0.2) is 11.6 Å². The third-order valence-electron chi connectivity index (χ3n) is 5.19. The summed E-state index contributed by atoms with van der Waals surface area (Å²) in [7, 11) is 0. The molecule has 4 rings (SSSR count). The first kappa shape index (κ1) is 19.2. The summed E-state index contributed by atoms with van der Waals surface area (Å²) in [5.74, 6) is 0.0513. The van der Waals surface area contributed by atoms with Crippen molar-refractivity contribution in [1.29, 1.82) is 0 Å². The molecule has 0 saturated heterocycles. The quantitative estimate of drug-likeness (QED) is 0.639. The molecule has 1 heterocycles. The van der Waals surface area contributed by atoms with Gasteiger partial charge in [-0.05, 0) is 60.9 Å². The molecule has 0 radical (unpaired) electrons. The second-order valence-corrected chi connectivity index (χ2v) is 7.62. The highest BCUT2D eigenvalue weighted by atomic mass is 19.1. The van der Waals surface area contributed by atoms with Crippen molar-refractivity contribution in [3.05, 3.63) is 75.8 Å². The number of amides is 1. The van der Waals surface area contributed by atoms with Gasteiger partial charge in [-0.1, -0.05) is 24.3 Å². The average molecular weight is 394 g/mol. The number of aromatic amines is 1. The molecule has 1 atom stereocenters. The fourth-order valence-corrected chi connectivity index (χ4v) is 3.27. The fourth-order valence-electron chi connectivity index (χ4n) is 3.27. The summed E-state index contributed by atoms with van der Waals surface area (Å²) in [4.78, 5) is 27.4. The lowest BCUT2D eigenvalue weighted by molar-refractivity contribution is -0.121. The fraction of sp³-hybridized carbons (Fsp3) is 0.304. The zero-order chi connectivity index (χ0) is 20.4. The lowest BCUT2D eigenvalue weighted by Crippen LogP contribution is -2.30. The molecule has 29 heavy (non-hydrogen) atoms. The second kappa shape index (κ2) is 8.07. The minimum Gasteiger partial charge on any atom is -0.490 e. The van der Waals surface area contributed by atoms with Crippen molar-refractivity contribution >= 4 is 16.8 Å². The van der Waals surface area contributed by atoms with Gasteiger partial charge in [0.1, 0.15) is 0 Å². The van der Waals surface area contributed by atoms with Crippen molar-refractivity contribution in [2.75, 3.05) is 6.61 Å². The van der Waals surface area contributed by atoms with E-state index in [2.05, 4.69) is 10.3 Å². The van der Waals surface area contributed by atoms with E-state index < -0.39 is 11.9 Å². The number of pyridine rings is 1. The van der Waals surface area contributed by atoms with E-state index in [0.717, 1.165) is 23.7 Å². The molecule has 1 aromatic heterocycles. The Morgan fingerprint density at radius 2 is 2.03 bits per heavy atom. The summed E-state index contributed by atoms with van der Waals surface area (Å²) in [6.07, 6.45) is 2.24. The minimum absolute atomic E-state index is 0.0461. The Hall–Kier alpha value is -3.15. The summed E-state index contributed by atoms with van der Waals surface area (Å²) in [6.45, 7) is 2.32. The van der Waals surface area contributed by atoms with Gasteiger partial charge in [0.2, 0.25) is 5.91 Å². The number of benzene rings is 2. The van der Waals surface area contributed by atoms with Crippen molar-refractivity contribution in [3.63, 3.8) is 0 Å². The Morgan fingerprint density at radius 3 is 2.79 bits per heavy atom. The van der Waals surface area contributed by atoms with E-state index in [1.54, 1.807) is 25.1 Å². The van der Waals surface area contributed by atoms with Gasteiger partial charge in [-0.25, -0.2) is 4.39 Å². The highest BCUT2D eigenvalue weighted by molar-refractivity contribution is 5.82. The maximum atomic E-state index is 14.3. The van der Waals surface area contributed by atoms with Crippen LogP contribution in [-0.4, -0.2) is 17.5 Å². The standard InChI is InChI=1S/C23H23FN2O3/c1-14(16-8-9-21(19(24)11-16)29-13-15-6-7-15)25-22(27)12-18-10-17-4-2-3-5-20(17)26-23(18)28/h2-5,8-11,14-15H,6-7,12-13H2,1H3,(H,25,27)(H,26,28). The van der Waals surface area contributed by atoms with Gasteiger partial charge in [-0.15, -0.1) is 0 Å². The van der Waals surface area contributed by atoms with Crippen LogP contribution in [0.2, 0.25) is 0 Å². The predicted molar refractivity (Wildman–Crippen MR) is 109 cm³/mol. The number of halogens is 1. The van der Waals surface area contributed by atoms with Gasteiger partial charge < -0.3 is 15.0 Å². The maximum Gasteiger partial charge on any atom is 0.252 e. The first-order valence-electron chi connectivity index (χ1n) is 9.82. The highest BCUT2D eigenvalue weighted by Crippen LogP contribution is 2.30. The monoisotopic (exact) mass is 394 g/mol. The Balaban J connectivity index is 1.40. The summed E-state index contributed by atoms with van der Waals surface area (Å²) in [5.41, 5.74) is 1.48. The van der Waals surface area contributed by atoms with Gasteiger partial charge in [0.05, 0.1) is 19.1 Å². The van der Waals surface area contributed by atoms with Crippen molar-refractivity contribution in [2.45, 2.75) is 32.2 Å². The number of aromatic nitrogens is 1. The average Bonchev–Trinajstić information content (AvgIpc) is 3.52. The number of para-hydroxylation sites is 1. The number of fused-ring (bicyclic) bond motifs is 1. The smallest absolute Gasteiger partial charge is 0.252 e. The summed E-state index contributed by atoms with van der Waals surface area (Å²) >= 11 is 0. The molecule has 1 saturated carbocycles. The van der Waals surface area contributed by atoms with Gasteiger partial charge in [0.25, 0.3) is 5.56 Å². The molecule has 0 bridgehead atoms. The number of hydrogen-bond donors (Lipinski definition) is 2. The van der Waals surface area contributed by atoms with E-state index in [0.29, 0.717) is 23.7 Å². The predicted octanol–water partition coefficient (Wildman–Crippen LogP) is 3.88. The van der Waals surface area contributed by atoms with Gasteiger partial charge >= 0.3 is 0 Å². The number of rotatable bonds is 7. The molecule has 150 valence electrons. The van der Waals surface area contributed by atoms with Gasteiger partial charge in [-0.3, -0.25) is 9.59 Å². The van der Waals surface area contributed by atoms with Crippen LogP contribution in [0.5, 0.6) is 5.75 Å². The van der Waals surface area contributed by atoms with Crippen LogP contribution in [-0.2, 0) is 11.2 Å².